The molecule has 0 aliphatic carbocycles. The first-order valence-electron chi connectivity index (χ1n) is 5.26. The number of thioether (sulfide) groups is 1. The number of aryl methyl sites for hydroxylation is 1. The van der Waals surface area contributed by atoms with Crippen LogP contribution in [-0.4, -0.2) is 16.8 Å². The van der Waals surface area contributed by atoms with Crippen LogP contribution in [0.3, 0.4) is 0 Å². The third-order valence-corrected chi connectivity index (χ3v) is 3.55. The maximum Gasteiger partial charge on any atom is 0.0983 e. The normalized spacial score (nSPS) is 18.3. The smallest absolute Gasteiger partial charge is 0.0983 e. The molecule has 15 heavy (non-hydrogen) atoms. The van der Waals surface area contributed by atoms with Gasteiger partial charge in [-0.15, -0.1) is 11.8 Å². The maximum absolute atomic E-state index is 4.79. The summed E-state index contributed by atoms with van der Waals surface area (Å²) >= 11 is 1.75. The molecule has 1 aliphatic rings. The molecule has 0 N–H and O–H groups in total. The lowest BCUT2D eigenvalue weighted by molar-refractivity contribution is 0.514. The van der Waals surface area contributed by atoms with E-state index in [-0.39, 0.29) is 5.54 Å². The second-order valence-corrected chi connectivity index (χ2v) is 5.51. The SMILES string of the molecule is CSC1=NC(C)(C)Cc2c(C)cccc21. The number of benzene rings is 1. The van der Waals surface area contributed by atoms with Gasteiger partial charge in [-0.3, -0.25) is 4.99 Å². The Bertz CT molecular complexity index is 419. The molecule has 1 nitrogen and oxygen atoms in total. The van der Waals surface area contributed by atoms with Crippen molar-refractivity contribution in [2.45, 2.75) is 32.7 Å². The number of hydrogen-bond donors (Lipinski definition) is 0. The average Bonchev–Trinajstić information content (AvgIpc) is 2.17. The van der Waals surface area contributed by atoms with Crippen LogP contribution in [0, 0.1) is 6.92 Å². The van der Waals surface area contributed by atoms with Crippen molar-refractivity contribution in [3.05, 3.63) is 34.9 Å². The third-order valence-electron chi connectivity index (χ3n) is 2.85. The van der Waals surface area contributed by atoms with Crippen molar-refractivity contribution in [3.63, 3.8) is 0 Å². The predicted octanol–water partition coefficient (Wildman–Crippen LogP) is 3.44. The quantitative estimate of drug-likeness (QED) is 0.651. The van der Waals surface area contributed by atoms with Crippen LogP contribution in [0.5, 0.6) is 0 Å². The van der Waals surface area contributed by atoms with Gasteiger partial charge in [-0.1, -0.05) is 18.2 Å². The van der Waals surface area contributed by atoms with Gasteiger partial charge >= 0.3 is 0 Å². The minimum atomic E-state index is 0.0530. The van der Waals surface area contributed by atoms with E-state index in [0.717, 1.165) is 6.42 Å². The zero-order valence-electron chi connectivity index (χ0n) is 9.79. The Morgan fingerprint density at radius 1 is 1.33 bits per heavy atom. The Balaban J connectivity index is 2.60. The van der Waals surface area contributed by atoms with E-state index in [9.17, 15) is 0 Å². The van der Waals surface area contributed by atoms with Crippen LogP contribution < -0.4 is 0 Å². The summed E-state index contributed by atoms with van der Waals surface area (Å²) in [7, 11) is 0. The second kappa shape index (κ2) is 3.67. The summed E-state index contributed by atoms with van der Waals surface area (Å²) in [4.78, 5) is 4.79. The number of aliphatic imine (C=N–C) groups is 1. The van der Waals surface area contributed by atoms with E-state index >= 15 is 0 Å². The first-order chi connectivity index (χ1) is 7.03. The lowest BCUT2D eigenvalue weighted by atomic mass is 9.87. The van der Waals surface area contributed by atoms with Crippen molar-refractivity contribution in [3.8, 4) is 0 Å². The molecule has 0 fully saturated rings. The van der Waals surface area contributed by atoms with Gasteiger partial charge < -0.3 is 0 Å². The Hall–Kier alpha value is -0.760. The fourth-order valence-electron chi connectivity index (χ4n) is 2.10. The molecule has 0 saturated carbocycles. The predicted molar refractivity (Wildman–Crippen MR) is 69.0 cm³/mol. The highest BCUT2D eigenvalue weighted by atomic mass is 32.2. The molecule has 0 atom stereocenters. The minimum Gasteiger partial charge on any atom is -0.271 e. The van der Waals surface area contributed by atoms with Crippen LogP contribution in [0.25, 0.3) is 0 Å². The van der Waals surface area contributed by atoms with Gasteiger partial charge in [0.25, 0.3) is 0 Å². The molecule has 0 spiro atoms. The first-order valence-corrected chi connectivity index (χ1v) is 6.49. The van der Waals surface area contributed by atoms with Crippen LogP contribution in [0.1, 0.15) is 30.5 Å². The van der Waals surface area contributed by atoms with Gasteiger partial charge in [0.2, 0.25) is 0 Å². The summed E-state index contributed by atoms with van der Waals surface area (Å²) in [5.74, 6) is 0. The molecule has 80 valence electrons. The van der Waals surface area contributed by atoms with E-state index in [0.29, 0.717) is 0 Å². The summed E-state index contributed by atoms with van der Waals surface area (Å²) in [5.41, 5.74) is 4.25. The molecule has 0 saturated heterocycles. The van der Waals surface area contributed by atoms with Crippen molar-refractivity contribution in [2.24, 2.45) is 4.99 Å². The van der Waals surface area contributed by atoms with Crippen LogP contribution >= 0.6 is 11.8 Å². The van der Waals surface area contributed by atoms with Crippen molar-refractivity contribution in [1.29, 1.82) is 0 Å². The van der Waals surface area contributed by atoms with Gasteiger partial charge in [-0.05, 0) is 44.6 Å². The summed E-state index contributed by atoms with van der Waals surface area (Å²) in [5, 5.41) is 1.19. The fourth-order valence-corrected chi connectivity index (χ4v) is 2.85. The third kappa shape index (κ3) is 1.96. The van der Waals surface area contributed by atoms with Crippen LogP contribution in [0.15, 0.2) is 23.2 Å². The lowest BCUT2D eigenvalue weighted by Gasteiger charge is -2.29. The number of fused-ring (bicyclic) bond motifs is 1. The number of rotatable bonds is 0. The van der Waals surface area contributed by atoms with Crippen LogP contribution in [0.2, 0.25) is 0 Å². The van der Waals surface area contributed by atoms with Gasteiger partial charge in [-0.25, -0.2) is 0 Å². The fraction of sp³-hybridized carbons (Fsp3) is 0.462. The summed E-state index contributed by atoms with van der Waals surface area (Å²) in [6.07, 6.45) is 3.16. The Kier molecular flexibility index (Phi) is 2.63. The molecule has 2 heteroatoms. The second-order valence-electron chi connectivity index (χ2n) is 4.71. The maximum atomic E-state index is 4.79. The van der Waals surface area contributed by atoms with E-state index in [2.05, 4.69) is 45.2 Å². The monoisotopic (exact) mass is 219 g/mol. The summed E-state index contributed by atoms with van der Waals surface area (Å²) in [6, 6.07) is 6.50. The van der Waals surface area contributed by atoms with Gasteiger partial charge in [0.15, 0.2) is 0 Å². The van der Waals surface area contributed by atoms with Crippen molar-refractivity contribution in [2.75, 3.05) is 6.26 Å². The molecule has 0 bridgehead atoms. The van der Waals surface area contributed by atoms with Crippen molar-refractivity contribution < 1.29 is 0 Å². The summed E-state index contributed by atoms with van der Waals surface area (Å²) < 4.78 is 0. The molecule has 1 aliphatic heterocycles. The van der Waals surface area contributed by atoms with Crippen molar-refractivity contribution in [1.82, 2.24) is 0 Å². The van der Waals surface area contributed by atoms with E-state index in [1.54, 1.807) is 11.8 Å². The van der Waals surface area contributed by atoms with Gasteiger partial charge in [0.1, 0.15) is 0 Å². The lowest BCUT2D eigenvalue weighted by Crippen LogP contribution is -2.28. The molecule has 1 aromatic rings. The first kappa shape index (κ1) is 10.7. The molecule has 0 unspecified atom stereocenters. The zero-order valence-corrected chi connectivity index (χ0v) is 10.6. The highest BCUT2D eigenvalue weighted by Gasteiger charge is 2.27. The standard InChI is InChI=1S/C13H17NS/c1-9-6-5-7-10-11(9)8-13(2,3)14-12(10)15-4/h5-7H,8H2,1-4H3. The molecule has 0 amide bonds. The van der Waals surface area contributed by atoms with Gasteiger partial charge in [-0.2, -0.15) is 0 Å². The molecular formula is C13H17NS. The van der Waals surface area contributed by atoms with Gasteiger partial charge in [0, 0.05) is 5.56 Å². The Labute approximate surface area is 96.0 Å². The topological polar surface area (TPSA) is 12.4 Å². The highest BCUT2D eigenvalue weighted by Crippen LogP contribution is 2.31. The molecule has 1 aromatic carbocycles. The van der Waals surface area contributed by atoms with Crippen LogP contribution in [-0.2, 0) is 6.42 Å². The Morgan fingerprint density at radius 2 is 2.07 bits per heavy atom. The van der Waals surface area contributed by atoms with E-state index in [1.165, 1.54) is 21.7 Å². The average molecular weight is 219 g/mol. The van der Waals surface area contributed by atoms with E-state index in [4.69, 9.17) is 4.99 Å². The highest BCUT2D eigenvalue weighted by molar-refractivity contribution is 8.13. The van der Waals surface area contributed by atoms with Crippen molar-refractivity contribution >= 4 is 16.8 Å². The zero-order chi connectivity index (χ0) is 11.1. The molecule has 0 radical (unpaired) electrons. The van der Waals surface area contributed by atoms with E-state index < -0.39 is 0 Å². The minimum absolute atomic E-state index is 0.0530. The number of nitrogens with zero attached hydrogens (tertiary/aromatic N) is 1. The molecule has 2 rings (SSSR count). The summed E-state index contributed by atoms with van der Waals surface area (Å²) in [6.45, 7) is 6.61. The number of hydrogen-bond acceptors (Lipinski definition) is 2. The Morgan fingerprint density at radius 3 is 2.73 bits per heavy atom. The molecule has 0 aromatic heterocycles. The van der Waals surface area contributed by atoms with E-state index in [1.807, 2.05) is 0 Å². The van der Waals surface area contributed by atoms with Gasteiger partial charge in [0.05, 0.1) is 10.6 Å². The molecule has 1 heterocycles. The molecular weight excluding hydrogens is 202 g/mol. The largest absolute Gasteiger partial charge is 0.271 e. The van der Waals surface area contributed by atoms with Crippen LogP contribution in [0.4, 0.5) is 0 Å².